The first-order valence-electron chi connectivity index (χ1n) is 19.3. The lowest BCUT2D eigenvalue weighted by Crippen LogP contribution is -2.62. The van der Waals surface area contributed by atoms with Crippen molar-refractivity contribution in [2.24, 2.45) is 29.1 Å². The van der Waals surface area contributed by atoms with E-state index in [-0.39, 0.29) is 42.3 Å². The van der Waals surface area contributed by atoms with Crippen LogP contribution in [0.1, 0.15) is 66.8 Å². The summed E-state index contributed by atoms with van der Waals surface area (Å²) < 4.78 is 6.03. The first-order valence-corrected chi connectivity index (χ1v) is 19.3. The summed E-state index contributed by atoms with van der Waals surface area (Å²) in [5.41, 5.74) is 2.86. The number of aliphatic hydroxyl groups is 2. The molecule has 54 heavy (non-hydrogen) atoms. The molecule has 0 unspecified atom stereocenters. The van der Waals surface area contributed by atoms with E-state index in [1.807, 2.05) is 56.2 Å². The van der Waals surface area contributed by atoms with E-state index in [0.29, 0.717) is 77.5 Å². The number of fused-ring (bicyclic) bond motifs is 2. The van der Waals surface area contributed by atoms with E-state index in [0.717, 1.165) is 6.42 Å². The van der Waals surface area contributed by atoms with Crippen molar-refractivity contribution in [3.8, 4) is 16.9 Å². The zero-order chi connectivity index (χ0) is 39.5. The number of amides is 3. The minimum atomic E-state index is -0.929. The van der Waals surface area contributed by atoms with Crippen LogP contribution >= 0.6 is 0 Å². The van der Waals surface area contributed by atoms with Crippen LogP contribution in [0.2, 0.25) is 0 Å². The second kappa shape index (κ2) is 17.5. The summed E-state index contributed by atoms with van der Waals surface area (Å²) in [5.74, 6) is 0.364. The number of hydroxylamine groups is 2. The number of likely N-dealkylation sites (N-methyl/N-ethyl adjacent to an activating group) is 2. The molecular formula is C41H62N6O7. The fraction of sp³-hybridized carbons (Fsp3) is 0.634. The van der Waals surface area contributed by atoms with Crippen LogP contribution in [0.5, 0.6) is 5.75 Å². The Kier molecular flexibility index (Phi) is 13.5. The fourth-order valence-corrected chi connectivity index (χ4v) is 8.87. The van der Waals surface area contributed by atoms with E-state index in [1.165, 1.54) is 6.42 Å². The Bertz CT molecular complexity index is 1600. The average Bonchev–Trinajstić information content (AvgIpc) is 3.50. The topological polar surface area (TPSA) is 156 Å². The fourth-order valence-electron chi connectivity index (χ4n) is 8.87. The predicted octanol–water partition coefficient (Wildman–Crippen LogP) is 2.61. The molecule has 0 aromatic heterocycles. The Hall–Kier alpha value is -3.59. The van der Waals surface area contributed by atoms with Gasteiger partial charge in [-0.15, -0.1) is 0 Å². The Morgan fingerprint density at radius 2 is 1.61 bits per heavy atom. The largest absolute Gasteiger partial charge is 0.496 e. The van der Waals surface area contributed by atoms with Crippen molar-refractivity contribution in [1.82, 2.24) is 30.8 Å². The summed E-state index contributed by atoms with van der Waals surface area (Å²) in [6.45, 7) is 10.4. The summed E-state index contributed by atoms with van der Waals surface area (Å²) in [7, 11) is 9.27. The second-order valence-electron chi connectivity index (χ2n) is 16.7. The molecule has 2 bridgehead atoms. The smallest absolute Gasteiger partial charge is 0.251 e. The van der Waals surface area contributed by atoms with Crippen LogP contribution in [-0.2, 0) is 16.2 Å². The summed E-state index contributed by atoms with van der Waals surface area (Å²) in [6, 6.07) is 9.81. The van der Waals surface area contributed by atoms with Crippen LogP contribution in [-0.4, -0.2) is 135 Å². The van der Waals surface area contributed by atoms with E-state index in [4.69, 9.17) is 9.57 Å². The lowest BCUT2D eigenvalue weighted by atomic mass is 9.45. The SMILES string of the molecule is COc1c(CN2O[C@@H](CO)[C@H]([C@H](C)O)[C@H]2C(=O)N[C@H]2C[C@H]3C[C@@H]([C@@H]2C)C3(C)C)cccc1-c1cc(C(=O)NCCN(C)C)cc(C(=O)NCCN(C)C)c1. The molecule has 1 saturated heterocycles. The number of ether oxygens (including phenoxy) is 1. The Morgan fingerprint density at radius 3 is 2.11 bits per heavy atom. The minimum Gasteiger partial charge on any atom is -0.496 e. The van der Waals surface area contributed by atoms with Crippen molar-refractivity contribution in [3.63, 3.8) is 0 Å². The highest BCUT2D eigenvalue weighted by Crippen LogP contribution is 2.61. The third kappa shape index (κ3) is 8.93. The molecule has 3 aliphatic carbocycles. The number of aliphatic hydroxyl groups excluding tert-OH is 2. The highest BCUT2D eigenvalue weighted by atomic mass is 16.7. The van der Waals surface area contributed by atoms with Crippen molar-refractivity contribution in [2.75, 3.05) is 68.1 Å². The third-order valence-corrected chi connectivity index (χ3v) is 12.1. The number of carbonyl (C=O) groups is 3. The van der Waals surface area contributed by atoms with Gasteiger partial charge in [0, 0.05) is 60.4 Å². The Morgan fingerprint density at radius 1 is 1.00 bits per heavy atom. The van der Waals surface area contributed by atoms with Crippen molar-refractivity contribution in [2.45, 2.75) is 71.4 Å². The van der Waals surface area contributed by atoms with Gasteiger partial charge in [-0.1, -0.05) is 39.0 Å². The number of nitrogens with zero attached hydrogens (tertiary/aromatic N) is 3. The summed E-state index contributed by atoms with van der Waals surface area (Å²) in [6.07, 6.45) is 0.374. The molecule has 8 atom stereocenters. The quantitative estimate of drug-likeness (QED) is 0.173. The molecule has 0 spiro atoms. The maximum Gasteiger partial charge on any atom is 0.251 e. The molecule has 13 nitrogen and oxygen atoms in total. The number of hydrogen-bond donors (Lipinski definition) is 5. The number of carbonyl (C=O) groups excluding carboxylic acids is 3. The monoisotopic (exact) mass is 750 g/mol. The third-order valence-electron chi connectivity index (χ3n) is 12.1. The molecule has 4 fully saturated rings. The molecule has 5 N–H and O–H groups in total. The first-order chi connectivity index (χ1) is 25.6. The highest BCUT2D eigenvalue weighted by molar-refractivity contribution is 6.01. The number of methoxy groups -OCH3 is 1. The molecule has 2 aromatic rings. The minimum absolute atomic E-state index is 0.0125. The van der Waals surface area contributed by atoms with Gasteiger partial charge in [0.2, 0.25) is 5.91 Å². The Labute approximate surface area is 320 Å². The molecule has 3 amide bonds. The van der Waals surface area contributed by atoms with Gasteiger partial charge in [-0.25, -0.2) is 0 Å². The maximum absolute atomic E-state index is 14.3. The normalized spacial score (nSPS) is 26.6. The number of hydrogen-bond acceptors (Lipinski definition) is 10. The van der Waals surface area contributed by atoms with Gasteiger partial charge in [0.15, 0.2) is 0 Å². The van der Waals surface area contributed by atoms with Crippen LogP contribution in [0.3, 0.4) is 0 Å². The van der Waals surface area contributed by atoms with Crippen LogP contribution in [0.15, 0.2) is 36.4 Å². The molecule has 6 rings (SSSR count). The van der Waals surface area contributed by atoms with Gasteiger partial charge >= 0.3 is 0 Å². The van der Waals surface area contributed by atoms with Gasteiger partial charge in [0.1, 0.15) is 17.9 Å². The first kappa shape index (κ1) is 41.6. The molecule has 3 saturated carbocycles. The molecule has 4 aliphatic rings. The van der Waals surface area contributed by atoms with Gasteiger partial charge in [0.05, 0.1) is 26.4 Å². The van der Waals surface area contributed by atoms with Gasteiger partial charge in [-0.3, -0.25) is 19.2 Å². The maximum atomic E-state index is 14.3. The molecular weight excluding hydrogens is 688 g/mol. The summed E-state index contributed by atoms with van der Waals surface area (Å²) in [4.78, 5) is 51.2. The van der Waals surface area contributed by atoms with Crippen molar-refractivity contribution in [1.29, 1.82) is 0 Å². The van der Waals surface area contributed by atoms with Crippen LogP contribution in [0.25, 0.3) is 11.1 Å². The number of rotatable bonds is 16. The van der Waals surface area contributed by atoms with Gasteiger partial charge in [-0.2, -0.15) is 5.06 Å². The molecule has 1 aliphatic heterocycles. The van der Waals surface area contributed by atoms with Crippen molar-refractivity contribution >= 4 is 17.7 Å². The molecule has 1 heterocycles. The molecule has 0 radical (unpaired) electrons. The molecule has 13 heteroatoms. The number of benzene rings is 2. The highest BCUT2D eigenvalue weighted by Gasteiger charge is 2.57. The zero-order valence-corrected chi connectivity index (χ0v) is 33.5. The molecule has 298 valence electrons. The van der Waals surface area contributed by atoms with E-state index >= 15 is 0 Å². The van der Waals surface area contributed by atoms with Crippen LogP contribution < -0.4 is 20.7 Å². The zero-order valence-electron chi connectivity index (χ0n) is 33.5. The summed E-state index contributed by atoms with van der Waals surface area (Å²) in [5, 5.41) is 32.1. The van der Waals surface area contributed by atoms with E-state index in [9.17, 15) is 24.6 Å². The van der Waals surface area contributed by atoms with Gasteiger partial charge < -0.3 is 40.7 Å². The van der Waals surface area contributed by atoms with Gasteiger partial charge in [-0.05, 0) is 94.9 Å². The van der Waals surface area contributed by atoms with E-state index < -0.39 is 24.2 Å². The van der Waals surface area contributed by atoms with Crippen LogP contribution in [0, 0.1) is 29.1 Å². The predicted molar refractivity (Wildman–Crippen MR) is 208 cm³/mol. The van der Waals surface area contributed by atoms with Crippen molar-refractivity contribution < 1.29 is 34.2 Å². The van der Waals surface area contributed by atoms with Gasteiger partial charge in [0.25, 0.3) is 11.8 Å². The Balaban J connectivity index is 1.46. The standard InChI is InChI=1S/C41H62N6O7/c1-24-32-20-30(41(32,3)4)21-33(24)44-40(52)36-35(25(2)49)34(23-48)54-47(36)22-26-11-10-12-31(37(26)53-9)27-17-28(38(50)42-13-15-45(5)6)19-29(18-27)39(51)43-14-16-46(7)8/h10-12,17-19,24-25,30,32-36,48-49H,13-16,20-23H2,1-9H3,(H,42,50)(H,43,51)(H,44,52)/t24-,25-,30+,32-,33-,34-,35-,36-/m0/s1. The van der Waals surface area contributed by atoms with E-state index in [1.54, 1.807) is 37.3 Å². The average molecular weight is 751 g/mol. The second-order valence-corrected chi connectivity index (χ2v) is 16.7. The van der Waals surface area contributed by atoms with Crippen LogP contribution in [0.4, 0.5) is 0 Å². The number of nitrogens with one attached hydrogen (secondary N) is 3. The molecule has 2 aromatic carbocycles. The summed E-state index contributed by atoms with van der Waals surface area (Å²) >= 11 is 0. The lowest BCUT2D eigenvalue weighted by molar-refractivity contribution is -0.183. The van der Waals surface area contributed by atoms with Crippen molar-refractivity contribution in [3.05, 3.63) is 53.1 Å². The number of para-hydroxylation sites is 1. The van der Waals surface area contributed by atoms with E-state index in [2.05, 4.69) is 36.7 Å². The lowest BCUT2D eigenvalue weighted by Gasteiger charge is -2.62.